The summed E-state index contributed by atoms with van der Waals surface area (Å²) >= 11 is 7.92. The topological polar surface area (TPSA) is 43.4 Å². The van der Waals surface area contributed by atoms with Crippen LogP contribution in [-0.4, -0.2) is 25.7 Å². The maximum Gasteiger partial charge on any atom is 0.160 e. The number of thiazole rings is 1. The quantitative estimate of drug-likeness (QED) is 0.562. The minimum atomic E-state index is 0.739. The van der Waals surface area contributed by atoms with Gasteiger partial charge in [-0.25, -0.2) is 4.98 Å². The van der Waals surface area contributed by atoms with E-state index in [1.165, 1.54) is 5.56 Å². The minimum Gasteiger partial charge on any atom is -0.493 e. The molecule has 0 aliphatic carbocycles. The summed E-state index contributed by atoms with van der Waals surface area (Å²) in [5, 5.41) is 5.24. The molecule has 0 radical (unpaired) electrons. The minimum absolute atomic E-state index is 0.739. The Morgan fingerprint density at radius 3 is 2.65 bits per heavy atom. The van der Waals surface area contributed by atoms with Crippen LogP contribution in [0.2, 0.25) is 5.02 Å². The zero-order valence-corrected chi connectivity index (χ0v) is 16.4. The Kier molecular flexibility index (Phi) is 6.50. The molecule has 1 aromatic heterocycles. The summed E-state index contributed by atoms with van der Waals surface area (Å²) in [7, 11) is 3.29. The van der Waals surface area contributed by atoms with Crippen molar-refractivity contribution in [2.24, 2.45) is 0 Å². The highest BCUT2D eigenvalue weighted by Crippen LogP contribution is 2.31. The van der Waals surface area contributed by atoms with Crippen LogP contribution in [0.4, 0.5) is 0 Å². The van der Waals surface area contributed by atoms with Crippen molar-refractivity contribution in [1.82, 2.24) is 10.3 Å². The monoisotopic (exact) mass is 388 g/mol. The molecule has 0 fully saturated rings. The summed E-state index contributed by atoms with van der Waals surface area (Å²) in [6.07, 6.45) is 2.79. The van der Waals surface area contributed by atoms with Gasteiger partial charge in [0.2, 0.25) is 0 Å². The molecule has 0 atom stereocenters. The van der Waals surface area contributed by atoms with E-state index in [-0.39, 0.29) is 0 Å². The van der Waals surface area contributed by atoms with E-state index in [0.29, 0.717) is 0 Å². The summed E-state index contributed by atoms with van der Waals surface area (Å²) in [4.78, 5) is 5.58. The van der Waals surface area contributed by atoms with Crippen molar-refractivity contribution in [2.75, 3.05) is 20.8 Å². The molecule has 3 aromatic rings. The first kappa shape index (κ1) is 18.7. The van der Waals surface area contributed by atoms with Crippen molar-refractivity contribution in [1.29, 1.82) is 0 Å². The van der Waals surface area contributed by atoms with Gasteiger partial charge in [-0.2, -0.15) is 0 Å². The summed E-state index contributed by atoms with van der Waals surface area (Å²) in [6.45, 7) is 1.60. The lowest BCUT2D eigenvalue weighted by atomic mass is 10.1. The fraction of sp³-hybridized carbons (Fsp3) is 0.250. The fourth-order valence-electron chi connectivity index (χ4n) is 2.64. The summed E-state index contributed by atoms with van der Waals surface area (Å²) in [6, 6.07) is 13.8. The highest BCUT2D eigenvalue weighted by atomic mass is 35.5. The molecule has 2 aromatic carbocycles. The predicted molar refractivity (Wildman–Crippen MR) is 108 cm³/mol. The van der Waals surface area contributed by atoms with Crippen LogP contribution in [-0.2, 0) is 13.0 Å². The fourth-order valence-corrected chi connectivity index (χ4v) is 3.86. The lowest BCUT2D eigenvalue weighted by Gasteiger charge is -2.09. The number of rotatable bonds is 8. The first-order valence-electron chi connectivity index (χ1n) is 8.32. The third-order valence-corrected chi connectivity index (χ3v) is 5.37. The van der Waals surface area contributed by atoms with Gasteiger partial charge in [-0.15, -0.1) is 11.3 Å². The molecule has 6 heteroatoms. The Morgan fingerprint density at radius 1 is 1.08 bits per heavy atom. The number of nitrogens with zero attached hydrogens (tertiary/aromatic N) is 1. The van der Waals surface area contributed by atoms with E-state index in [1.807, 2.05) is 42.6 Å². The van der Waals surface area contributed by atoms with Gasteiger partial charge in [0.05, 0.1) is 19.1 Å². The van der Waals surface area contributed by atoms with Crippen molar-refractivity contribution < 1.29 is 9.47 Å². The van der Waals surface area contributed by atoms with Crippen molar-refractivity contribution >= 4 is 22.9 Å². The van der Waals surface area contributed by atoms with Gasteiger partial charge in [-0.1, -0.05) is 35.9 Å². The molecular formula is C20H21ClN2O2S. The van der Waals surface area contributed by atoms with E-state index in [1.54, 1.807) is 25.6 Å². The maximum absolute atomic E-state index is 6.25. The molecule has 0 saturated heterocycles. The molecule has 0 bridgehead atoms. The van der Waals surface area contributed by atoms with Crippen LogP contribution >= 0.6 is 22.9 Å². The number of aromatic nitrogens is 1. The zero-order chi connectivity index (χ0) is 18.4. The average molecular weight is 389 g/mol. The number of halogens is 1. The van der Waals surface area contributed by atoms with Gasteiger partial charge in [0, 0.05) is 23.3 Å². The van der Waals surface area contributed by atoms with Gasteiger partial charge in [-0.05, 0) is 36.7 Å². The summed E-state index contributed by atoms with van der Waals surface area (Å²) in [5.74, 6) is 1.51. The second kappa shape index (κ2) is 9.03. The predicted octanol–water partition coefficient (Wildman–Crippen LogP) is 4.81. The Hall–Kier alpha value is -2.08. The molecule has 0 aliphatic rings. The number of benzene rings is 2. The van der Waals surface area contributed by atoms with Crippen LogP contribution < -0.4 is 14.8 Å². The van der Waals surface area contributed by atoms with Crippen LogP contribution in [0.25, 0.3) is 10.4 Å². The van der Waals surface area contributed by atoms with E-state index < -0.39 is 0 Å². The van der Waals surface area contributed by atoms with Gasteiger partial charge in [0.15, 0.2) is 11.5 Å². The standard InChI is InChI=1S/C20H21ClN2O2S/c1-24-17-8-7-14(11-18(17)25-2)9-10-22-13-20-23-12-19(26-20)15-5-3-4-6-16(15)21/h3-8,11-12,22H,9-10,13H2,1-2H3. The second-order valence-electron chi connectivity index (χ2n) is 5.71. The molecule has 0 amide bonds. The molecule has 0 saturated carbocycles. The smallest absolute Gasteiger partial charge is 0.160 e. The van der Waals surface area contributed by atoms with Gasteiger partial charge >= 0.3 is 0 Å². The van der Waals surface area contributed by atoms with Gasteiger partial charge in [0.1, 0.15) is 5.01 Å². The van der Waals surface area contributed by atoms with Crippen molar-refractivity contribution in [2.45, 2.75) is 13.0 Å². The Labute approximate surface area is 162 Å². The lowest BCUT2D eigenvalue weighted by Crippen LogP contribution is -2.16. The summed E-state index contributed by atoms with van der Waals surface area (Å²) < 4.78 is 10.6. The van der Waals surface area contributed by atoms with E-state index in [2.05, 4.69) is 16.4 Å². The largest absolute Gasteiger partial charge is 0.493 e. The first-order chi connectivity index (χ1) is 12.7. The van der Waals surface area contributed by atoms with E-state index in [4.69, 9.17) is 21.1 Å². The van der Waals surface area contributed by atoms with Crippen LogP contribution in [0.1, 0.15) is 10.6 Å². The molecule has 0 unspecified atom stereocenters. The van der Waals surface area contributed by atoms with Crippen molar-refractivity contribution in [3.05, 3.63) is 64.3 Å². The molecule has 136 valence electrons. The van der Waals surface area contributed by atoms with E-state index >= 15 is 0 Å². The molecule has 0 spiro atoms. The van der Waals surface area contributed by atoms with Crippen LogP contribution in [0, 0.1) is 0 Å². The molecular weight excluding hydrogens is 368 g/mol. The molecule has 4 nitrogen and oxygen atoms in total. The third kappa shape index (κ3) is 4.55. The van der Waals surface area contributed by atoms with Crippen LogP contribution in [0.5, 0.6) is 11.5 Å². The Balaban J connectivity index is 1.52. The van der Waals surface area contributed by atoms with E-state index in [0.717, 1.165) is 51.5 Å². The third-order valence-electron chi connectivity index (χ3n) is 4.01. The average Bonchev–Trinajstić information content (AvgIpc) is 3.14. The number of methoxy groups -OCH3 is 2. The normalized spacial score (nSPS) is 10.7. The Bertz CT molecular complexity index is 867. The SMILES string of the molecule is COc1ccc(CCNCc2ncc(-c3ccccc3Cl)s2)cc1OC. The molecule has 26 heavy (non-hydrogen) atoms. The zero-order valence-electron chi connectivity index (χ0n) is 14.8. The molecule has 3 rings (SSSR count). The second-order valence-corrected chi connectivity index (χ2v) is 7.24. The van der Waals surface area contributed by atoms with Gasteiger partial charge in [-0.3, -0.25) is 0 Å². The lowest BCUT2D eigenvalue weighted by molar-refractivity contribution is 0.354. The highest BCUT2D eigenvalue weighted by Gasteiger charge is 2.08. The van der Waals surface area contributed by atoms with Crippen molar-refractivity contribution in [3.63, 3.8) is 0 Å². The highest BCUT2D eigenvalue weighted by molar-refractivity contribution is 7.15. The van der Waals surface area contributed by atoms with E-state index in [9.17, 15) is 0 Å². The number of nitrogens with one attached hydrogen (secondary N) is 1. The number of hydrogen-bond acceptors (Lipinski definition) is 5. The Morgan fingerprint density at radius 2 is 1.88 bits per heavy atom. The molecule has 1 N–H and O–H groups in total. The molecule has 1 heterocycles. The first-order valence-corrected chi connectivity index (χ1v) is 9.52. The number of ether oxygens (including phenoxy) is 2. The maximum atomic E-state index is 6.25. The summed E-state index contributed by atoms with van der Waals surface area (Å²) in [5.41, 5.74) is 2.23. The van der Waals surface area contributed by atoms with Gasteiger partial charge < -0.3 is 14.8 Å². The number of hydrogen-bond donors (Lipinski definition) is 1. The van der Waals surface area contributed by atoms with Crippen LogP contribution in [0.15, 0.2) is 48.7 Å². The molecule has 0 aliphatic heterocycles. The van der Waals surface area contributed by atoms with Crippen LogP contribution in [0.3, 0.4) is 0 Å². The van der Waals surface area contributed by atoms with Crippen molar-refractivity contribution in [3.8, 4) is 21.9 Å². The van der Waals surface area contributed by atoms with Gasteiger partial charge in [0.25, 0.3) is 0 Å².